The number of rotatable bonds is 6. The number of hydrogen-bond donors (Lipinski definition) is 2. The lowest BCUT2D eigenvalue weighted by molar-refractivity contribution is -0.384. The fraction of sp³-hybridized carbons (Fsp3) is 0.231. The van der Waals surface area contributed by atoms with Crippen LogP contribution in [-0.4, -0.2) is 25.7 Å². The molecule has 0 spiro atoms. The van der Waals surface area contributed by atoms with Crippen LogP contribution in [0.3, 0.4) is 0 Å². The zero-order valence-electron chi connectivity index (χ0n) is 12.2. The topological polar surface area (TPSA) is 110 Å². The zero-order chi connectivity index (χ0) is 18.7. The van der Waals surface area contributed by atoms with Crippen LogP contribution in [0.15, 0.2) is 24.3 Å². The Morgan fingerprint density at radius 3 is 2.52 bits per heavy atom. The number of halogens is 4. The van der Waals surface area contributed by atoms with Gasteiger partial charge < -0.3 is 10.4 Å². The molecule has 0 aliphatic carbocycles. The normalized spacial score (nSPS) is 11.1. The average molecular weight is 362 g/mol. The maximum absolute atomic E-state index is 12.8. The van der Waals surface area contributed by atoms with Crippen LogP contribution in [0, 0.1) is 10.1 Å². The lowest BCUT2D eigenvalue weighted by Crippen LogP contribution is -2.21. The summed E-state index contributed by atoms with van der Waals surface area (Å²) in [6.07, 6.45) is -6.23. The number of alkyl halides is 4. The van der Waals surface area contributed by atoms with Crippen molar-refractivity contribution in [3.05, 3.63) is 45.8 Å². The number of benzene rings is 1. The summed E-state index contributed by atoms with van der Waals surface area (Å²) in [4.78, 5) is 21.8. The van der Waals surface area contributed by atoms with Crippen molar-refractivity contribution in [3.8, 4) is 5.75 Å². The maximum Gasteiger partial charge on any atom is 0.282 e. The predicted octanol–water partition coefficient (Wildman–Crippen LogP) is 3.01. The van der Waals surface area contributed by atoms with Gasteiger partial charge in [0.05, 0.1) is 10.6 Å². The van der Waals surface area contributed by atoms with E-state index in [2.05, 4.69) is 10.4 Å². The average Bonchev–Trinajstić information content (AvgIpc) is 2.93. The summed E-state index contributed by atoms with van der Waals surface area (Å²) in [5, 5.41) is 25.6. The van der Waals surface area contributed by atoms with E-state index in [1.54, 1.807) is 0 Å². The van der Waals surface area contributed by atoms with Crippen molar-refractivity contribution < 1.29 is 32.4 Å². The molecule has 1 amide bonds. The molecule has 0 saturated carbocycles. The van der Waals surface area contributed by atoms with Crippen LogP contribution < -0.4 is 5.32 Å². The van der Waals surface area contributed by atoms with Gasteiger partial charge in [0.2, 0.25) is 5.91 Å². The monoisotopic (exact) mass is 362 g/mol. The molecule has 1 aromatic heterocycles. The van der Waals surface area contributed by atoms with Crippen LogP contribution in [0.5, 0.6) is 5.75 Å². The van der Waals surface area contributed by atoms with E-state index in [-0.39, 0.29) is 5.69 Å². The zero-order valence-corrected chi connectivity index (χ0v) is 12.2. The summed E-state index contributed by atoms with van der Waals surface area (Å²) < 4.78 is 51.2. The van der Waals surface area contributed by atoms with Crippen molar-refractivity contribution in [2.45, 2.75) is 19.4 Å². The third kappa shape index (κ3) is 4.22. The molecule has 0 radical (unpaired) electrons. The van der Waals surface area contributed by atoms with E-state index < -0.39 is 53.1 Å². The molecule has 134 valence electrons. The molecule has 2 N–H and O–H groups in total. The summed E-state index contributed by atoms with van der Waals surface area (Å²) >= 11 is 0. The molecule has 0 atom stereocenters. The first-order valence-corrected chi connectivity index (χ1v) is 6.60. The highest BCUT2D eigenvalue weighted by molar-refractivity contribution is 5.92. The summed E-state index contributed by atoms with van der Waals surface area (Å²) in [5.41, 5.74) is -2.56. The van der Waals surface area contributed by atoms with Crippen molar-refractivity contribution in [1.29, 1.82) is 0 Å². The molecule has 0 unspecified atom stereocenters. The molecule has 0 saturated heterocycles. The van der Waals surface area contributed by atoms with Crippen LogP contribution >= 0.6 is 0 Å². The van der Waals surface area contributed by atoms with Crippen LogP contribution in [-0.2, 0) is 11.3 Å². The number of carbonyl (C=O) groups excluding carboxylic acids is 1. The van der Waals surface area contributed by atoms with Crippen LogP contribution in [0.1, 0.15) is 24.2 Å². The van der Waals surface area contributed by atoms with Crippen molar-refractivity contribution in [3.63, 3.8) is 0 Å². The minimum absolute atomic E-state index is 0.334. The first kappa shape index (κ1) is 18.2. The second kappa shape index (κ2) is 7.15. The molecule has 0 bridgehead atoms. The van der Waals surface area contributed by atoms with E-state index in [1.165, 1.54) is 0 Å². The Hall–Kier alpha value is -3.18. The number of nitrogens with one attached hydrogen (secondary N) is 1. The Balaban J connectivity index is 2.21. The fourth-order valence-electron chi connectivity index (χ4n) is 1.92. The second-order valence-corrected chi connectivity index (χ2v) is 4.76. The van der Waals surface area contributed by atoms with Gasteiger partial charge in [-0.05, 0) is 12.1 Å². The molecule has 25 heavy (non-hydrogen) atoms. The maximum atomic E-state index is 12.8. The molecule has 8 nitrogen and oxygen atoms in total. The summed E-state index contributed by atoms with van der Waals surface area (Å²) in [6.45, 7) is -0.853. The van der Waals surface area contributed by atoms with E-state index in [1.807, 2.05) is 0 Å². The standard InChI is InChI=1S/C13H10F4N4O4/c14-12(15)8-4-9(13(16)17)20(19-8)5-11(23)18-7-3-6(21(24)25)1-2-10(7)22/h1-4,12-13,22H,5H2,(H,18,23). The smallest absolute Gasteiger partial charge is 0.282 e. The number of aromatic nitrogens is 2. The summed E-state index contributed by atoms with van der Waals surface area (Å²) in [5.74, 6) is -1.50. The van der Waals surface area contributed by atoms with E-state index >= 15 is 0 Å². The number of aromatic hydroxyl groups is 1. The van der Waals surface area contributed by atoms with Gasteiger partial charge >= 0.3 is 0 Å². The fourth-order valence-corrected chi connectivity index (χ4v) is 1.92. The number of phenols is 1. The van der Waals surface area contributed by atoms with Gasteiger partial charge in [0.15, 0.2) is 0 Å². The molecular formula is C13H10F4N4O4. The molecule has 12 heteroatoms. The number of nitro groups is 1. The third-order valence-corrected chi connectivity index (χ3v) is 3.04. The molecule has 1 aromatic carbocycles. The highest BCUT2D eigenvalue weighted by Gasteiger charge is 2.23. The number of amides is 1. The highest BCUT2D eigenvalue weighted by Crippen LogP contribution is 2.28. The number of phenolic OH excluding ortho intramolecular Hbond substituents is 1. The number of nitro benzene ring substituents is 1. The molecule has 0 aliphatic rings. The SMILES string of the molecule is O=C(Cn1nc(C(F)F)cc1C(F)F)Nc1cc([N+](=O)[O-])ccc1O. The number of non-ortho nitro benzene ring substituents is 1. The van der Waals surface area contributed by atoms with E-state index in [9.17, 15) is 37.6 Å². The van der Waals surface area contributed by atoms with Gasteiger partial charge in [-0.15, -0.1) is 0 Å². The Labute approximate surface area is 136 Å². The lowest BCUT2D eigenvalue weighted by Gasteiger charge is -2.09. The summed E-state index contributed by atoms with van der Waals surface area (Å²) in [6, 6.07) is 3.28. The molecule has 0 fully saturated rings. The molecule has 2 rings (SSSR count). The largest absolute Gasteiger partial charge is 0.506 e. The van der Waals surface area contributed by atoms with Crippen molar-refractivity contribution in [2.24, 2.45) is 0 Å². The number of carbonyl (C=O) groups is 1. The van der Waals surface area contributed by atoms with E-state index in [0.29, 0.717) is 10.7 Å². The van der Waals surface area contributed by atoms with Crippen molar-refractivity contribution in [2.75, 3.05) is 5.32 Å². The van der Waals surface area contributed by atoms with Gasteiger partial charge in [0.25, 0.3) is 18.5 Å². The van der Waals surface area contributed by atoms with Gasteiger partial charge in [-0.3, -0.25) is 19.6 Å². The molecule has 2 aromatic rings. The van der Waals surface area contributed by atoms with E-state index in [0.717, 1.165) is 18.2 Å². The Morgan fingerprint density at radius 2 is 1.96 bits per heavy atom. The first-order chi connectivity index (χ1) is 11.7. The minimum atomic E-state index is -3.14. The number of nitrogens with zero attached hydrogens (tertiary/aromatic N) is 3. The highest BCUT2D eigenvalue weighted by atomic mass is 19.3. The second-order valence-electron chi connectivity index (χ2n) is 4.76. The van der Waals surface area contributed by atoms with Gasteiger partial charge in [0.1, 0.15) is 23.7 Å². The minimum Gasteiger partial charge on any atom is -0.506 e. The van der Waals surface area contributed by atoms with E-state index in [4.69, 9.17) is 0 Å². The van der Waals surface area contributed by atoms with Crippen LogP contribution in [0.4, 0.5) is 28.9 Å². The van der Waals surface area contributed by atoms with Crippen LogP contribution in [0.25, 0.3) is 0 Å². The number of hydrogen-bond acceptors (Lipinski definition) is 5. The van der Waals surface area contributed by atoms with Gasteiger partial charge in [0, 0.05) is 12.1 Å². The van der Waals surface area contributed by atoms with Crippen molar-refractivity contribution >= 4 is 17.3 Å². The Morgan fingerprint density at radius 1 is 1.28 bits per heavy atom. The quantitative estimate of drug-likeness (QED) is 0.355. The van der Waals surface area contributed by atoms with Crippen LogP contribution in [0.2, 0.25) is 0 Å². The molecule has 0 aliphatic heterocycles. The number of anilines is 1. The molecular weight excluding hydrogens is 352 g/mol. The van der Waals surface area contributed by atoms with Gasteiger partial charge in [-0.25, -0.2) is 17.6 Å². The van der Waals surface area contributed by atoms with Gasteiger partial charge in [-0.1, -0.05) is 0 Å². The Kier molecular flexibility index (Phi) is 5.20. The lowest BCUT2D eigenvalue weighted by atomic mass is 10.2. The van der Waals surface area contributed by atoms with Crippen molar-refractivity contribution in [1.82, 2.24) is 9.78 Å². The summed E-state index contributed by atoms with van der Waals surface area (Å²) in [7, 11) is 0. The molecule has 1 heterocycles. The third-order valence-electron chi connectivity index (χ3n) is 3.04. The van der Waals surface area contributed by atoms with Gasteiger partial charge in [-0.2, -0.15) is 5.10 Å². The first-order valence-electron chi connectivity index (χ1n) is 6.60. The Bertz CT molecular complexity index is 809. The predicted molar refractivity (Wildman–Crippen MR) is 75.5 cm³/mol.